The van der Waals surface area contributed by atoms with Gasteiger partial charge in [-0.05, 0) is 37.1 Å². The average molecular weight is 248 g/mol. The molecule has 0 spiro atoms. The second kappa shape index (κ2) is 5.73. The van der Waals surface area contributed by atoms with Gasteiger partial charge in [0.2, 0.25) is 0 Å². The fourth-order valence-electron chi connectivity index (χ4n) is 1.82. The molecule has 0 saturated carbocycles. The molecule has 2 aromatic rings. The van der Waals surface area contributed by atoms with Crippen molar-refractivity contribution in [1.82, 2.24) is 20.1 Å². The fourth-order valence-corrected chi connectivity index (χ4v) is 1.82. The largest absolute Gasteiger partial charge is 0.310 e. The van der Waals surface area contributed by atoms with Crippen molar-refractivity contribution < 1.29 is 4.39 Å². The molecule has 1 unspecified atom stereocenters. The summed E-state index contributed by atoms with van der Waals surface area (Å²) in [5.74, 6) is -0.298. The zero-order chi connectivity index (χ0) is 13.0. The fraction of sp³-hybridized carbons (Fsp3) is 0.385. The highest BCUT2D eigenvalue weighted by Crippen LogP contribution is 2.11. The molecule has 0 bridgehead atoms. The summed E-state index contributed by atoms with van der Waals surface area (Å²) < 4.78 is 14.8. The van der Waals surface area contributed by atoms with Gasteiger partial charge in [0, 0.05) is 25.5 Å². The first-order valence-electron chi connectivity index (χ1n) is 5.96. The minimum Gasteiger partial charge on any atom is -0.310 e. The summed E-state index contributed by atoms with van der Waals surface area (Å²) in [6.45, 7) is 2.82. The summed E-state index contributed by atoms with van der Waals surface area (Å²) in [5.41, 5.74) is 2.05. The number of rotatable bonds is 5. The summed E-state index contributed by atoms with van der Waals surface area (Å²) in [6, 6.07) is 1.60. The SMILES string of the molecule is CC(NCCc1cnn(C)c1)c1cncc(F)c1. The van der Waals surface area contributed by atoms with Crippen molar-refractivity contribution in [3.63, 3.8) is 0 Å². The molecular formula is C13H17FN4. The van der Waals surface area contributed by atoms with Gasteiger partial charge >= 0.3 is 0 Å². The third-order valence-corrected chi connectivity index (χ3v) is 2.85. The lowest BCUT2D eigenvalue weighted by molar-refractivity contribution is 0.563. The number of pyridine rings is 1. The number of aryl methyl sites for hydroxylation is 1. The normalized spacial score (nSPS) is 12.6. The molecule has 4 nitrogen and oxygen atoms in total. The van der Waals surface area contributed by atoms with Crippen molar-refractivity contribution in [2.24, 2.45) is 7.05 Å². The van der Waals surface area contributed by atoms with Gasteiger partial charge in [0.25, 0.3) is 0 Å². The molecule has 0 saturated heterocycles. The first-order valence-corrected chi connectivity index (χ1v) is 5.96. The molecule has 0 aliphatic heterocycles. The average Bonchev–Trinajstić information content (AvgIpc) is 2.75. The van der Waals surface area contributed by atoms with E-state index in [1.54, 1.807) is 10.9 Å². The molecule has 2 heterocycles. The Kier molecular flexibility index (Phi) is 4.04. The lowest BCUT2D eigenvalue weighted by atomic mass is 10.1. The van der Waals surface area contributed by atoms with Crippen LogP contribution >= 0.6 is 0 Å². The van der Waals surface area contributed by atoms with Crippen molar-refractivity contribution in [3.05, 3.63) is 47.8 Å². The maximum absolute atomic E-state index is 13.0. The Labute approximate surface area is 106 Å². The molecule has 0 fully saturated rings. The summed E-state index contributed by atoms with van der Waals surface area (Å²) >= 11 is 0. The highest BCUT2D eigenvalue weighted by molar-refractivity contribution is 5.14. The Bertz CT molecular complexity index is 509. The molecular weight excluding hydrogens is 231 g/mol. The Morgan fingerprint density at radius 3 is 2.89 bits per heavy atom. The number of halogens is 1. The third-order valence-electron chi connectivity index (χ3n) is 2.85. The van der Waals surface area contributed by atoms with Crippen molar-refractivity contribution in [3.8, 4) is 0 Å². The number of nitrogens with one attached hydrogen (secondary N) is 1. The van der Waals surface area contributed by atoms with E-state index in [1.807, 2.05) is 26.4 Å². The Balaban J connectivity index is 1.83. The predicted octanol–water partition coefficient (Wildman–Crippen LogP) is 1.85. The van der Waals surface area contributed by atoms with E-state index in [9.17, 15) is 4.39 Å². The zero-order valence-electron chi connectivity index (χ0n) is 10.6. The summed E-state index contributed by atoms with van der Waals surface area (Å²) in [5, 5.41) is 7.45. The molecule has 0 amide bonds. The van der Waals surface area contributed by atoms with Crippen LogP contribution in [0.15, 0.2) is 30.9 Å². The molecule has 1 N–H and O–H groups in total. The van der Waals surface area contributed by atoms with E-state index in [-0.39, 0.29) is 11.9 Å². The van der Waals surface area contributed by atoms with Crippen LogP contribution in [0.5, 0.6) is 0 Å². The monoisotopic (exact) mass is 248 g/mol. The minimum atomic E-state index is -0.298. The van der Waals surface area contributed by atoms with Gasteiger partial charge < -0.3 is 5.32 Å². The summed E-state index contributed by atoms with van der Waals surface area (Å²) in [7, 11) is 1.90. The number of hydrogen-bond acceptors (Lipinski definition) is 3. The maximum atomic E-state index is 13.0. The van der Waals surface area contributed by atoms with Gasteiger partial charge in [0.05, 0.1) is 12.4 Å². The summed E-state index contributed by atoms with van der Waals surface area (Å²) in [6.07, 6.45) is 7.66. The number of aromatic nitrogens is 3. The van der Waals surface area contributed by atoms with E-state index < -0.39 is 0 Å². The van der Waals surface area contributed by atoms with Gasteiger partial charge in [0.15, 0.2) is 0 Å². The van der Waals surface area contributed by atoms with Crippen LogP contribution in [0.2, 0.25) is 0 Å². The Morgan fingerprint density at radius 2 is 2.22 bits per heavy atom. The van der Waals surface area contributed by atoms with E-state index in [0.29, 0.717) is 0 Å². The highest BCUT2D eigenvalue weighted by Gasteiger charge is 2.06. The van der Waals surface area contributed by atoms with Gasteiger partial charge in [-0.1, -0.05) is 0 Å². The number of nitrogens with zero attached hydrogens (tertiary/aromatic N) is 3. The second-order valence-electron chi connectivity index (χ2n) is 4.38. The molecule has 0 radical (unpaired) electrons. The van der Waals surface area contributed by atoms with Crippen LogP contribution in [0.4, 0.5) is 4.39 Å². The van der Waals surface area contributed by atoms with Crippen molar-refractivity contribution in [2.75, 3.05) is 6.54 Å². The second-order valence-corrected chi connectivity index (χ2v) is 4.38. The van der Waals surface area contributed by atoms with Crippen molar-refractivity contribution >= 4 is 0 Å². The molecule has 1 atom stereocenters. The van der Waals surface area contributed by atoms with Gasteiger partial charge in [0.1, 0.15) is 5.82 Å². The maximum Gasteiger partial charge on any atom is 0.141 e. The smallest absolute Gasteiger partial charge is 0.141 e. The first kappa shape index (κ1) is 12.7. The summed E-state index contributed by atoms with van der Waals surface area (Å²) in [4.78, 5) is 3.85. The van der Waals surface area contributed by atoms with E-state index in [0.717, 1.165) is 18.5 Å². The molecule has 0 aromatic carbocycles. The molecule has 18 heavy (non-hydrogen) atoms. The van der Waals surface area contributed by atoms with Crippen LogP contribution < -0.4 is 5.32 Å². The molecule has 96 valence electrons. The van der Waals surface area contributed by atoms with Crippen LogP contribution in [0.25, 0.3) is 0 Å². The topological polar surface area (TPSA) is 42.7 Å². The van der Waals surface area contributed by atoms with Crippen molar-refractivity contribution in [1.29, 1.82) is 0 Å². The quantitative estimate of drug-likeness (QED) is 0.878. The van der Waals surface area contributed by atoms with Crippen LogP contribution in [0, 0.1) is 5.82 Å². The van der Waals surface area contributed by atoms with Gasteiger partial charge in [-0.2, -0.15) is 5.10 Å². The standard InChI is InChI=1S/C13H17FN4/c1-10(12-5-13(14)8-15-7-12)16-4-3-11-6-17-18(2)9-11/h5-10,16H,3-4H2,1-2H3. The third kappa shape index (κ3) is 3.37. The van der Waals surface area contributed by atoms with Crippen LogP contribution in [-0.4, -0.2) is 21.3 Å². The van der Waals surface area contributed by atoms with Crippen LogP contribution in [0.1, 0.15) is 24.1 Å². The van der Waals surface area contributed by atoms with Crippen molar-refractivity contribution in [2.45, 2.75) is 19.4 Å². The lowest BCUT2D eigenvalue weighted by Crippen LogP contribution is -2.21. The highest BCUT2D eigenvalue weighted by atomic mass is 19.1. The van der Waals surface area contributed by atoms with E-state index >= 15 is 0 Å². The number of hydrogen-bond donors (Lipinski definition) is 1. The molecule has 0 aliphatic rings. The van der Waals surface area contributed by atoms with Gasteiger partial charge in [-0.25, -0.2) is 4.39 Å². The first-order chi connectivity index (χ1) is 8.65. The zero-order valence-corrected chi connectivity index (χ0v) is 10.6. The molecule has 2 rings (SSSR count). The van der Waals surface area contributed by atoms with Gasteiger partial charge in [-0.15, -0.1) is 0 Å². The molecule has 5 heteroatoms. The van der Waals surface area contributed by atoms with E-state index in [2.05, 4.69) is 15.4 Å². The lowest BCUT2D eigenvalue weighted by Gasteiger charge is -2.13. The molecule has 2 aromatic heterocycles. The minimum absolute atomic E-state index is 0.0878. The van der Waals surface area contributed by atoms with Crippen LogP contribution in [-0.2, 0) is 13.5 Å². The Hall–Kier alpha value is -1.75. The van der Waals surface area contributed by atoms with Crippen LogP contribution in [0.3, 0.4) is 0 Å². The Morgan fingerprint density at radius 1 is 1.39 bits per heavy atom. The van der Waals surface area contributed by atoms with E-state index in [4.69, 9.17) is 0 Å². The molecule has 0 aliphatic carbocycles. The van der Waals surface area contributed by atoms with Gasteiger partial charge in [-0.3, -0.25) is 9.67 Å². The predicted molar refractivity (Wildman–Crippen MR) is 67.5 cm³/mol. The van der Waals surface area contributed by atoms with E-state index in [1.165, 1.54) is 17.8 Å².